The quantitative estimate of drug-likeness (QED) is 0.520. The maximum absolute atomic E-state index is 12.7. The van der Waals surface area contributed by atoms with Gasteiger partial charge < -0.3 is 14.0 Å². The highest BCUT2D eigenvalue weighted by Gasteiger charge is 2.15. The highest BCUT2D eigenvalue weighted by atomic mass is 16.2. The Hall–Kier alpha value is -3.08. The SMILES string of the molecule is CCn1c(CN(C)C(=O)CCn2ccc3ccccc32)nc2ccccc21. The van der Waals surface area contributed by atoms with Crippen LogP contribution in [-0.4, -0.2) is 32.0 Å². The number of para-hydroxylation sites is 3. The van der Waals surface area contributed by atoms with E-state index in [0.29, 0.717) is 19.5 Å². The van der Waals surface area contributed by atoms with E-state index < -0.39 is 0 Å². The summed E-state index contributed by atoms with van der Waals surface area (Å²) in [5.74, 6) is 1.06. The molecule has 1 amide bonds. The Kier molecular flexibility index (Phi) is 4.67. The first-order valence-electron chi connectivity index (χ1n) is 9.39. The molecule has 0 aliphatic carbocycles. The summed E-state index contributed by atoms with van der Waals surface area (Å²) in [7, 11) is 1.86. The van der Waals surface area contributed by atoms with Gasteiger partial charge in [0.05, 0.1) is 17.6 Å². The minimum atomic E-state index is 0.127. The lowest BCUT2D eigenvalue weighted by atomic mass is 10.2. The van der Waals surface area contributed by atoms with E-state index >= 15 is 0 Å². The Morgan fingerprint density at radius 3 is 2.59 bits per heavy atom. The molecule has 0 radical (unpaired) electrons. The number of hydrogen-bond donors (Lipinski definition) is 0. The standard InChI is InChI=1S/C22H24N4O/c1-3-26-20-11-7-5-9-18(20)23-21(26)16-24(2)22(27)13-15-25-14-12-17-8-4-6-10-19(17)25/h4-12,14H,3,13,15-16H2,1-2H3. The monoisotopic (exact) mass is 360 g/mol. The van der Waals surface area contributed by atoms with Gasteiger partial charge in [0.15, 0.2) is 0 Å². The molecular weight excluding hydrogens is 336 g/mol. The fourth-order valence-electron chi connectivity index (χ4n) is 3.64. The molecule has 0 aliphatic rings. The van der Waals surface area contributed by atoms with Crippen molar-refractivity contribution in [1.29, 1.82) is 0 Å². The van der Waals surface area contributed by atoms with Gasteiger partial charge in [-0.05, 0) is 36.6 Å². The fraction of sp³-hybridized carbons (Fsp3) is 0.273. The van der Waals surface area contributed by atoms with E-state index in [1.807, 2.05) is 37.4 Å². The first-order chi connectivity index (χ1) is 13.2. The van der Waals surface area contributed by atoms with Gasteiger partial charge in [-0.25, -0.2) is 4.98 Å². The van der Waals surface area contributed by atoms with Crippen molar-refractivity contribution in [2.75, 3.05) is 7.05 Å². The van der Waals surface area contributed by atoms with E-state index in [2.05, 4.69) is 46.5 Å². The van der Waals surface area contributed by atoms with E-state index in [1.165, 1.54) is 10.9 Å². The highest BCUT2D eigenvalue weighted by molar-refractivity contribution is 5.81. The topological polar surface area (TPSA) is 43.1 Å². The largest absolute Gasteiger partial charge is 0.347 e. The molecule has 5 nitrogen and oxygen atoms in total. The predicted molar refractivity (Wildman–Crippen MR) is 108 cm³/mol. The highest BCUT2D eigenvalue weighted by Crippen LogP contribution is 2.18. The molecule has 27 heavy (non-hydrogen) atoms. The number of nitrogens with zero attached hydrogens (tertiary/aromatic N) is 4. The summed E-state index contributed by atoms with van der Waals surface area (Å²) in [6, 6.07) is 18.5. The molecule has 2 aromatic heterocycles. The molecule has 5 heteroatoms. The number of benzene rings is 2. The van der Waals surface area contributed by atoms with Gasteiger partial charge in [0.1, 0.15) is 5.82 Å². The summed E-state index contributed by atoms with van der Waals surface area (Å²) >= 11 is 0. The molecule has 138 valence electrons. The molecule has 2 heterocycles. The van der Waals surface area contributed by atoms with Crippen LogP contribution in [0.15, 0.2) is 60.8 Å². The number of carbonyl (C=O) groups is 1. The van der Waals surface area contributed by atoms with Gasteiger partial charge in [0.25, 0.3) is 0 Å². The van der Waals surface area contributed by atoms with Crippen LogP contribution in [0.25, 0.3) is 21.9 Å². The van der Waals surface area contributed by atoms with E-state index in [9.17, 15) is 4.79 Å². The molecule has 0 N–H and O–H groups in total. The van der Waals surface area contributed by atoms with Crippen LogP contribution in [0, 0.1) is 0 Å². The molecule has 0 saturated heterocycles. The summed E-state index contributed by atoms with van der Waals surface area (Å²) in [4.78, 5) is 19.2. The van der Waals surface area contributed by atoms with Crippen LogP contribution in [0.5, 0.6) is 0 Å². The molecule has 4 rings (SSSR count). The molecule has 0 atom stereocenters. The molecule has 2 aromatic carbocycles. The minimum Gasteiger partial charge on any atom is -0.347 e. The molecule has 0 unspecified atom stereocenters. The zero-order valence-electron chi connectivity index (χ0n) is 15.8. The number of fused-ring (bicyclic) bond motifs is 2. The first-order valence-corrected chi connectivity index (χ1v) is 9.39. The summed E-state index contributed by atoms with van der Waals surface area (Å²) < 4.78 is 4.32. The maximum Gasteiger partial charge on any atom is 0.224 e. The minimum absolute atomic E-state index is 0.127. The molecule has 0 aliphatic heterocycles. The van der Waals surface area contributed by atoms with Crippen molar-refractivity contribution in [3.63, 3.8) is 0 Å². The van der Waals surface area contributed by atoms with Gasteiger partial charge in [-0.2, -0.15) is 0 Å². The van der Waals surface area contributed by atoms with Crippen LogP contribution in [0.1, 0.15) is 19.2 Å². The van der Waals surface area contributed by atoms with Gasteiger partial charge in [0.2, 0.25) is 5.91 Å². The first kappa shape index (κ1) is 17.3. The Labute approximate surface area is 158 Å². The molecule has 0 spiro atoms. The second-order valence-electron chi connectivity index (χ2n) is 6.83. The summed E-state index contributed by atoms with van der Waals surface area (Å²) in [6.45, 7) is 4.15. The van der Waals surface area contributed by atoms with Gasteiger partial charge in [0, 0.05) is 38.3 Å². The Bertz CT molecular complexity index is 1090. The molecule has 0 bridgehead atoms. The van der Waals surface area contributed by atoms with Crippen molar-refractivity contribution >= 4 is 27.8 Å². The second-order valence-corrected chi connectivity index (χ2v) is 6.83. The third-order valence-corrected chi connectivity index (χ3v) is 5.10. The van der Waals surface area contributed by atoms with Crippen LogP contribution >= 0.6 is 0 Å². The van der Waals surface area contributed by atoms with Gasteiger partial charge >= 0.3 is 0 Å². The number of aryl methyl sites for hydroxylation is 2. The Morgan fingerprint density at radius 1 is 1.04 bits per heavy atom. The van der Waals surface area contributed by atoms with Gasteiger partial charge in [-0.15, -0.1) is 0 Å². The summed E-state index contributed by atoms with van der Waals surface area (Å²) in [5.41, 5.74) is 3.27. The lowest BCUT2D eigenvalue weighted by molar-refractivity contribution is -0.130. The van der Waals surface area contributed by atoms with E-state index in [4.69, 9.17) is 4.98 Å². The van der Waals surface area contributed by atoms with Crippen LogP contribution in [0.2, 0.25) is 0 Å². The Balaban J connectivity index is 1.45. The average Bonchev–Trinajstić information content (AvgIpc) is 3.26. The molecule has 0 saturated carbocycles. The summed E-state index contributed by atoms with van der Waals surface area (Å²) in [6.07, 6.45) is 2.52. The van der Waals surface area contributed by atoms with E-state index in [1.54, 1.807) is 4.90 Å². The van der Waals surface area contributed by atoms with E-state index in [-0.39, 0.29) is 5.91 Å². The third kappa shape index (κ3) is 3.33. The van der Waals surface area contributed by atoms with Crippen molar-refractivity contribution in [2.24, 2.45) is 0 Å². The number of amides is 1. The van der Waals surface area contributed by atoms with Crippen molar-refractivity contribution in [3.8, 4) is 0 Å². The van der Waals surface area contributed by atoms with Gasteiger partial charge in [-0.3, -0.25) is 4.79 Å². The lowest BCUT2D eigenvalue weighted by Crippen LogP contribution is -2.28. The van der Waals surface area contributed by atoms with Crippen LogP contribution < -0.4 is 0 Å². The number of hydrogen-bond acceptors (Lipinski definition) is 2. The Morgan fingerprint density at radius 2 is 1.78 bits per heavy atom. The normalized spacial score (nSPS) is 11.3. The zero-order valence-corrected chi connectivity index (χ0v) is 15.8. The van der Waals surface area contributed by atoms with Crippen LogP contribution in [0.4, 0.5) is 0 Å². The van der Waals surface area contributed by atoms with Crippen molar-refractivity contribution in [3.05, 3.63) is 66.6 Å². The molecule has 0 fully saturated rings. The predicted octanol–water partition coefficient (Wildman–Crippen LogP) is 4.06. The number of rotatable bonds is 6. The molecule has 4 aromatic rings. The second kappa shape index (κ2) is 7.27. The zero-order chi connectivity index (χ0) is 18.8. The average molecular weight is 360 g/mol. The fourth-order valence-corrected chi connectivity index (χ4v) is 3.64. The number of carbonyl (C=O) groups excluding carboxylic acids is 1. The lowest BCUT2D eigenvalue weighted by Gasteiger charge is -2.18. The van der Waals surface area contributed by atoms with Crippen LogP contribution in [0.3, 0.4) is 0 Å². The van der Waals surface area contributed by atoms with Crippen LogP contribution in [-0.2, 0) is 24.4 Å². The smallest absolute Gasteiger partial charge is 0.224 e. The maximum atomic E-state index is 12.7. The number of imidazole rings is 1. The molecular formula is C22H24N4O. The van der Waals surface area contributed by atoms with Gasteiger partial charge in [-0.1, -0.05) is 30.3 Å². The number of aromatic nitrogens is 3. The van der Waals surface area contributed by atoms with Crippen molar-refractivity contribution in [2.45, 2.75) is 33.0 Å². The van der Waals surface area contributed by atoms with Crippen molar-refractivity contribution < 1.29 is 4.79 Å². The third-order valence-electron chi connectivity index (χ3n) is 5.10. The summed E-state index contributed by atoms with van der Waals surface area (Å²) in [5, 5.41) is 1.20. The van der Waals surface area contributed by atoms with Crippen molar-refractivity contribution in [1.82, 2.24) is 19.0 Å². The van der Waals surface area contributed by atoms with E-state index in [0.717, 1.165) is 23.4 Å².